The SMILES string of the molecule is Clc1cc(Cl)c(Cl)c([C@@H]2CCCCN2)c1. The molecule has 1 saturated heterocycles. The summed E-state index contributed by atoms with van der Waals surface area (Å²) < 4.78 is 0. The molecule has 1 aromatic rings. The van der Waals surface area contributed by atoms with Gasteiger partial charge in [-0.05, 0) is 37.1 Å². The minimum absolute atomic E-state index is 0.294. The van der Waals surface area contributed by atoms with Gasteiger partial charge < -0.3 is 5.32 Å². The van der Waals surface area contributed by atoms with Crippen LogP contribution in [0, 0.1) is 0 Å². The molecule has 1 fully saturated rings. The Morgan fingerprint density at radius 2 is 1.93 bits per heavy atom. The third kappa shape index (κ3) is 2.59. The summed E-state index contributed by atoms with van der Waals surface area (Å²) in [4.78, 5) is 0. The van der Waals surface area contributed by atoms with E-state index in [2.05, 4.69) is 5.32 Å². The molecular weight excluding hydrogens is 252 g/mol. The molecule has 82 valence electrons. The Morgan fingerprint density at radius 3 is 2.60 bits per heavy atom. The Kier molecular flexibility index (Phi) is 3.78. The Labute approximate surface area is 105 Å². The molecule has 1 N–H and O–H groups in total. The fourth-order valence-corrected chi connectivity index (χ4v) is 2.70. The van der Waals surface area contributed by atoms with E-state index in [0.29, 0.717) is 21.1 Å². The van der Waals surface area contributed by atoms with Crippen LogP contribution < -0.4 is 5.32 Å². The van der Waals surface area contributed by atoms with Gasteiger partial charge in [0.05, 0.1) is 10.0 Å². The molecule has 1 atom stereocenters. The molecule has 0 bridgehead atoms. The van der Waals surface area contributed by atoms with Crippen LogP contribution in [0.3, 0.4) is 0 Å². The van der Waals surface area contributed by atoms with Crippen LogP contribution in [0.4, 0.5) is 0 Å². The maximum atomic E-state index is 6.17. The molecule has 4 heteroatoms. The largest absolute Gasteiger partial charge is 0.310 e. The third-order valence-electron chi connectivity index (χ3n) is 2.71. The Balaban J connectivity index is 2.33. The molecule has 15 heavy (non-hydrogen) atoms. The first kappa shape index (κ1) is 11.5. The predicted octanol–water partition coefficient (Wildman–Crippen LogP) is 4.46. The monoisotopic (exact) mass is 263 g/mol. The summed E-state index contributed by atoms with van der Waals surface area (Å²) in [6.07, 6.45) is 3.54. The third-order valence-corrected chi connectivity index (χ3v) is 3.74. The van der Waals surface area contributed by atoms with Gasteiger partial charge in [0.15, 0.2) is 0 Å². The smallest absolute Gasteiger partial charge is 0.0641 e. The Morgan fingerprint density at radius 1 is 1.13 bits per heavy atom. The van der Waals surface area contributed by atoms with Crippen molar-refractivity contribution in [3.05, 3.63) is 32.8 Å². The summed E-state index contributed by atoms with van der Waals surface area (Å²) in [5.74, 6) is 0. The lowest BCUT2D eigenvalue weighted by atomic mass is 9.97. The lowest BCUT2D eigenvalue weighted by molar-refractivity contribution is 0.412. The van der Waals surface area contributed by atoms with E-state index in [1.165, 1.54) is 12.8 Å². The van der Waals surface area contributed by atoms with E-state index in [0.717, 1.165) is 18.5 Å². The van der Waals surface area contributed by atoms with Crippen LogP contribution in [0.1, 0.15) is 30.9 Å². The molecule has 1 heterocycles. The number of halogens is 3. The predicted molar refractivity (Wildman–Crippen MR) is 66.1 cm³/mol. The van der Waals surface area contributed by atoms with Gasteiger partial charge in [0.25, 0.3) is 0 Å². The molecule has 0 saturated carbocycles. The summed E-state index contributed by atoms with van der Waals surface area (Å²) >= 11 is 18.1. The van der Waals surface area contributed by atoms with Crippen molar-refractivity contribution in [2.75, 3.05) is 6.54 Å². The second-order valence-electron chi connectivity index (χ2n) is 3.79. The van der Waals surface area contributed by atoms with E-state index < -0.39 is 0 Å². The molecule has 0 unspecified atom stereocenters. The van der Waals surface area contributed by atoms with Crippen molar-refractivity contribution in [2.45, 2.75) is 25.3 Å². The molecule has 1 aliphatic heterocycles. The first-order valence-corrected chi connectivity index (χ1v) is 6.19. The molecule has 1 aromatic carbocycles. The average Bonchev–Trinajstić information content (AvgIpc) is 2.24. The fraction of sp³-hybridized carbons (Fsp3) is 0.455. The molecule has 2 rings (SSSR count). The Hall–Kier alpha value is 0.0500. The molecule has 0 aliphatic carbocycles. The second-order valence-corrected chi connectivity index (χ2v) is 5.01. The van der Waals surface area contributed by atoms with Crippen LogP contribution in [-0.2, 0) is 0 Å². The average molecular weight is 265 g/mol. The zero-order chi connectivity index (χ0) is 10.8. The van der Waals surface area contributed by atoms with Crippen molar-refractivity contribution in [3.8, 4) is 0 Å². The van der Waals surface area contributed by atoms with Gasteiger partial charge in [-0.15, -0.1) is 0 Å². The van der Waals surface area contributed by atoms with Crippen molar-refractivity contribution in [1.29, 1.82) is 0 Å². The first-order chi connectivity index (χ1) is 7.18. The van der Waals surface area contributed by atoms with Gasteiger partial charge in [0.1, 0.15) is 0 Å². The highest BCUT2D eigenvalue weighted by Crippen LogP contribution is 2.35. The highest BCUT2D eigenvalue weighted by atomic mass is 35.5. The maximum Gasteiger partial charge on any atom is 0.0641 e. The molecule has 0 amide bonds. The van der Waals surface area contributed by atoms with Gasteiger partial charge in [0, 0.05) is 11.1 Å². The summed E-state index contributed by atoms with van der Waals surface area (Å²) in [5, 5.41) is 5.23. The van der Waals surface area contributed by atoms with E-state index in [1.807, 2.05) is 6.07 Å². The van der Waals surface area contributed by atoms with Crippen molar-refractivity contribution in [3.63, 3.8) is 0 Å². The van der Waals surface area contributed by atoms with Crippen molar-refractivity contribution < 1.29 is 0 Å². The first-order valence-electron chi connectivity index (χ1n) is 5.06. The fourth-order valence-electron chi connectivity index (χ4n) is 1.95. The molecular formula is C11H12Cl3N. The zero-order valence-electron chi connectivity index (χ0n) is 8.19. The van der Waals surface area contributed by atoms with Gasteiger partial charge >= 0.3 is 0 Å². The highest BCUT2D eigenvalue weighted by Gasteiger charge is 2.19. The van der Waals surface area contributed by atoms with Crippen LogP contribution >= 0.6 is 34.8 Å². The van der Waals surface area contributed by atoms with E-state index in [9.17, 15) is 0 Å². The molecule has 1 nitrogen and oxygen atoms in total. The summed E-state index contributed by atoms with van der Waals surface area (Å²) in [5.41, 5.74) is 1.02. The number of nitrogens with one attached hydrogen (secondary N) is 1. The van der Waals surface area contributed by atoms with Gasteiger partial charge in [-0.25, -0.2) is 0 Å². The van der Waals surface area contributed by atoms with Gasteiger partial charge in [-0.3, -0.25) is 0 Å². The van der Waals surface area contributed by atoms with Crippen molar-refractivity contribution >= 4 is 34.8 Å². The normalized spacial score (nSPS) is 21.7. The number of benzene rings is 1. The minimum Gasteiger partial charge on any atom is -0.310 e. The van der Waals surface area contributed by atoms with Crippen LogP contribution in [0.2, 0.25) is 15.1 Å². The summed E-state index contributed by atoms with van der Waals surface area (Å²) in [7, 11) is 0. The maximum absolute atomic E-state index is 6.17. The summed E-state index contributed by atoms with van der Waals surface area (Å²) in [6.45, 7) is 1.03. The lowest BCUT2D eigenvalue weighted by Crippen LogP contribution is -2.27. The second kappa shape index (κ2) is 4.92. The highest BCUT2D eigenvalue weighted by molar-refractivity contribution is 6.43. The zero-order valence-corrected chi connectivity index (χ0v) is 10.5. The minimum atomic E-state index is 0.294. The van der Waals surface area contributed by atoms with E-state index in [4.69, 9.17) is 34.8 Å². The molecule has 0 spiro atoms. The van der Waals surface area contributed by atoms with Crippen molar-refractivity contribution in [2.24, 2.45) is 0 Å². The quantitative estimate of drug-likeness (QED) is 0.738. The van der Waals surface area contributed by atoms with Gasteiger partial charge in [0.2, 0.25) is 0 Å². The number of piperidine rings is 1. The summed E-state index contributed by atoms with van der Waals surface area (Å²) in [6, 6.07) is 3.87. The molecule has 0 aromatic heterocycles. The number of hydrogen-bond acceptors (Lipinski definition) is 1. The number of hydrogen-bond donors (Lipinski definition) is 1. The topological polar surface area (TPSA) is 12.0 Å². The van der Waals surface area contributed by atoms with Gasteiger partial charge in [-0.2, -0.15) is 0 Å². The van der Waals surface area contributed by atoms with Crippen LogP contribution in [0.15, 0.2) is 12.1 Å². The van der Waals surface area contributed by atoms with Crippen LogP contribution in [0.5, 0.6) is 0 Å². The standard InChI is InChI=1S/C11H12Cl3N/c12-7-5-8(11(14)9(13)6-7)10-3-1-2-4-15-10/h5-6,10,15H,1-4H2/t10-/m0/s1. The van der Waals surface area contributed by atoms with E-state index in [1.54, 1.807) is 6.07 Å². The van der Waals surface area contributed by atoms with E-state index >= 15 is 0 Å². The lowest BCUT2D eigenvalue weighted by Gasteiger charge is -2.25. The van der Waals surface area contributed by atoms with E-state index in [-0.39, 0.29) is 0 Å². The van der Waals surface area contributed by atoms with Gasteiger partial charge in [-0.1, -0.05) is 41.2 Å². The molecule has 0 radical (unpaired) electrons. The van der Waals surface area contributed by atoms with Crippen LogP contribution in [0.25, 0.3) is 0 Å². The number of rotatable bonds is 1. The molecule has 1 aliphatic rings. The Bertz CT molecular complexity index is 359. The van der Waals surface area contributed by atoms with Crippen LogP contribution in [-0.4, -0.2) is 6.54 Å². The van der Waals surface area contributed by atoms with Crippen molar-refractivity contribution in [1.82, 2.24) is 5.32 Å².